The Kier molecular flexibility index (Phi) is 5.05. The summed E-state index contributed by atoms with van der Waals surface area (Å²) in [4.78, 5) is 0. The maximum Gasteiger partial charge on any atom is 0.0602 e. The summed E-state index contributed by atoms with van der Waals surface area (Å²) in [5.41, 5.74) is 0.930. The number of nitrogens with zero attached hydrogens (tertiary/aromatic N) is 1. The molecule has 0 radical (unpaired) electrons. The fourth-order valence-electron chi connectivity index (χ4n) is 0.325. The van der Waals surface area contributed by atoms with Crippen molar-refractivity contribution in [3.05, 3.63) is 10.2 Å². The van der Waals surface area contributed by atoms with Crippen molar-refractivity contribution >= 4 is 28.3 Å². The molecule has 0 amide bonds. The van der Waals surface area contributed by atoms with E-state index in [4.69, 9.17) is 5.84 Å². The van der Waals surface area contributed by atoms with Crippen LogP contribution in [-0.4, -0.2) is 5.71 Å². The quantitative estimate of drug-likeness (QED) is 0.329. The molecule has 0 aliphatic carbocycles. The zero-order valence-corrected chi connectivity index (χ0v) is 6.92. The molecule has 0 fully saturated rings. The van der Waals surface area contributed by atoms with E-state index in [-0.39, 0.29) is 0 Å². The number of halogens is 1. The van der Waals surface area contributed by atoms with Crippen LogP contribution in [0.2, 0.25) is 0 Å². The van der Waals surface area contributed by atoms with Crippen LogP contribution in [0.15, 0.2) is 15.3 Å². The van der Waals surface area contributed by atoms with E-state index in [0.29, 0.717) is 0 Å². The molecule has 0 heterocycles. The van der Waals surface area contributed by atoms with Gasteiger partial charge in [-0.2, -0.15) is 5.10 Å². The minimum absolute atomic E-state index is 0.899. The molecule has 0 aromatic rings. The van der Waals surface area contributed by atoms with E-state index in [1.54, 1.807) is 0 Å². The van der Waals surface area contributed by atoms with Crippen molar-refractivity contribution in [2.24, 2.45) is 10.9 Å². The van der Waals surface area contributed by atoms with Crippen LogP contribution in [0.5, 0.6) is 0 Å². The summed E-state index contributed by atoms with van der Waals surface area (Å²) in [5, 5.41) is 3.52. The van der Waals surface area contributed by atoms with Gasteiger partial charge in [0, 0.05) is 0 Å². The van der Waals surface area contributed by atoms with Crippen molar-refractivity contribution in [1.82, 2.24) is 0 Å². The molecular formula is C5H9IN2. The molecule has 0 aromatic carbocycles. The van der Waals surface area contributed by atoms with E-state index in [0.717, 1.165) is 12.1 Å². The van der Waals surface area contributed by atoms with Gasteiger partial charge in [0.2, 0.25) is 0 Å². The molecule has 3 heteroatoms. The minimum atomic E-state index is 0.899. The van der Waals surface area contributed by atoms with Crippen molar-refractivity contribution < 1.29 is 0 Å². The van der Waals surface area contributed by atoms with Gasteiger partial charge in [0.1, 0.15) is 0 Å². The van der Waals surface area contributed by atoms with Gasteiger partial charge in [-0.1, -0.05) is 29.5 Å². The van der Waals surface area contributed by atoms with Crippen LogP contribution in [-0.2, 0) is 0 Å². The smallest absolute Gasteiger partial charge is 0.0602 e. The van der Waals surface area contributed by atoms with E-state index in [9.17, 15) is 0 Å². The molecule has 0 aromatic heterocycles. The van der Waals surface area contributed by atoms with Crippen molar-refractivity contribution in [1.29, 1.82) is 0 Å². The average molecular weight is 224 g/mol. The zero-order valence-electron chi connectivity index (χ0n) is 4.76. The predicted molar refractivity (Wildman–Crippen MR) is 45.1 cm³/mol. The van der Waals surface area contributed by atoms with Gasteiger partial charge in [0.05, 0.1) is 5.71 Å². The Labute approximate surface area is 63.0 Å². The third-order valence-electron chi connectivity index (χ3n) is 0.783. The Balaban J connectivity index is 3.72. The first-order chi connectivity index (χ1) is 3.85. The summed E-state index contributed by atoms with van der Waals surface area (Å²) in [5.74, 6) is 5.00. The monoisotopic (exact) mass is 224 g/mol. The lowest BCUT2D eigenvalue weighted by atomic mass is 10.3. The standard InChI is InChI=1S/C5H9IN2/c1-2-5(8-7)3-4-6/h3-4H,2,7H2,1H3/b4-3-,8-5-. The second-order valence-electron chi connectivity index (χ2n) is 1.27. The van der Waals surface area contributed by atoms with Gasteiger partial charge >= 0.3 is 0 Å². The van der Waals surface area contributed by atoms with Crippen LogP contribution in [0, 0.1) is 0 Å². The van der Waals surface area contributed by atoms with E-state index < -0.39 is 0 Å². The molecule has 0 atom stereocenters. The first-order valence-electron chi connectivity index (χ1n) is 2.38. The highest BCUT2D eigenvalue weighted by Gasteiger charge is 1.83. The number of allylic oxidation sites excluding steroid dienone is 1. The summed E-state index contributed by atoms with van der Waals surface area (Å²) in [6.07, 6.45) is 2.79. The average Bonchev–Trinajstić information content (AvgIpc) is 1.83. The number of nitrogens with two attached hydrogens (primary N) is 1. The SMILES string of the molecule is CCC(/C=C\I)=N/N. The van der Waals surface area contributed by atoms with Crippen molar-refractivity contribution in [2.75, 3.05) is 0 Å². The van der Waals surface area contributed by atoms with E-state index in [1.807, 2.05) is 17.1 Å². The summed E-state index contributed by atoms with van der Waals surface area (Å²) in [6, 6.07) is 0. The van der Waals surface area contributed by atoms with Gasteiger partial charge in [0.15, 0.2) is 0 Å². The Morgan fingerprint density at radius 2 is 2.50 bits per heavy atom. The van der Waals surface area contributed by atoms with Gasteiger partial charge in [-0.25, -0.2) is 0 Å². The van der Waals surface area contributed by atoms with Crippen molar-refractivity contribution in [3.63, 3.8) is 0 Å². The van der Waals surface area contributed by atoms with Gasteiger partial charge in [-0.15, -0.1) is 0 Å². The lowest BCUT2D eigenvalue weighted by Gasteiger charge is -1.87. The maximum atomic E-state index is 5.00. The second-order valence-corrected chi connectivity index (χ2v) is 1.99. The summed E-state index contributed by atoms with van der Waals surface area (Å²) < 4.78 is 1.90. The molecule has 8 heavy (non-hydrogen) atoms. The normalized spacial score (nSPS) is 13.0. The molecule has 0 rings (SSSR count). The Bertz CT molecular complexity index is 104. The van der Waals surface area contributed by atoms with Gasteiger partial charge in [0.25, 0.3) is 0 Å². The summed E-state index contributed by atoms with van der Waals surface area (Å²) >= 11 is 2.13. The largest absolute Gasteiger partial charge is 0.323 e. The van der Waals surface area contributed by atoms with Crippen molar-refractivity contribution in [2.45, 2.75) is 13.3 Å². The molecule has 0 unspecified atom stereocenters. The van der Waals surface area contributed by atoms with Crippen LogP contribution >= 0.6 is 22.6 Å². The predicted octanol–water partition coefficient (Wildman–Crippen LogP) is 1.66. The zero-order chi connectivity index (χ0) is 6.41. The molecule has 0 bridgehead atoms. The van der Waals surface area contributed by atoms with Crippen LogP contribution in [0.1, 0.15) is 13.3 Å². The summed E-state index contributed by atoms with van der Waals surface area (Å²) in [6.45, 7) is 2.02. The fraction of sp³-hybridized carbons (Fsp3) is 0.400. The molecule has 46 valence electrons. The fourth-order valence-corrected chi connectivity index (χ4v) is 0.740. The van der Waals surface area contributed by atoms with Crippen LogP contribution in [0.4, 0.5) is 0 Å². The third kappa shape index (κ3) is 3.01. The highest BCUT2D eigenvalue weighted by molar-refractivity contribution is 14.1. The summed E-state index contributed by atoms with van der Waals surface area (Å²) in [7, 11) is 0. The number of hydrogen-bond acceptors (Lipinski definition) is 2. The highest BCUT2D eigenvalue weighted by atomic mass is 127. The maximum absolute atomic E-state index is 5.00. The Hall–Kier alpha value is -0.0600. The minimum Gasteiger partial charge on any atom is -0.323 e. The Morgan fingerprint density at radius 3 is 2.62 bits per heavy atom. The second kappa shape index (κ2) is 5.08. The first kappa shape index (κ1) is 7.94. The molecule has 2 nitrogen and oxygen atoms in total. The molecule has 0 aliphatic heterocycles. The number of hydrogen-bond donors (Lipinski definition) is 1. The molecular weight excluding hydrogens is 215 g/mol. The van der Waals surface area contributed by atoms with E-state index in [1.165, 1.54) is 0 Å². The van der Waals surface area contributed by atoms with Gasteiger partial charge < -0.3 is 5.84 Å². The molecule has 2 N–H and O–H groups in total. The van der Waals surface area contributed by atoms with E-state index >= 15 is 0 Å². The first-order valence-corrected chi connectivity index (χ1v) is 3.63. The topological polar surface area (TPSA) is 38.4 Å². The van der Waals surface area contributed by atoms with Crippen LogP contribution < -0.4 is 5.84 Å². The van der Waals surface area contributed by atoms with Crippen molar-refractivity contribution in [3.8, 4) is 0 Å². The van der Waals surface area contributed by atoms with Gasteiger partial charge in [-0.05, 0) is 16.6 Å². The third-order valence-corrected chi connectivity index (χ3v) is 1.14. The number of rotatable bonds is 2. The molecule has 0 spiro atoms. The lowest BCUT2D eigenvalue weighted by Crippen LogP contribution is -1.94. The molecule has 0 saturated heterocycles. The molecule has 0 saturated carbocycles. The van der Waals surface area contributed by atoms with E-state index in [2.05, 4.69) is 27.7 Å². The highest BCUT2D eigenvalue weighted by Crippen LogP contribution is 1.89. The Morgan fingerprint density at radius 1 is 1.88 bits per heavy atom. The lowest BCUT2D eigenvalue weighted by molar-refractivity contribution is 1.18. The van der Waals surface area contributed by atoms with Gasteiger partial charge in [-0.3, -0.25) is 0 Å². The molecule has 0 aliphatic rings. The number of hydrazone groups is 1. The van der Waals surface area contributed by atoms with Crippen LogP contribution in [0.25, 0.3) is 0 Å². The van der Waals surface area contributed by atoms with Crippen LogP contribution in [0.3, 0.4) is 0 Å².